The van der Waals surface area contributed by atoms with Gasteiger partial charge in [-0.1, -0.05) is 37.7 Å². The lowest BCUT2D eigenvalue weighted by Crippen LogP contribution is -2.28. The number of halogens is 2. The summed E-state index contributed by atoms with van der Waals surface area (Å²) in [5, 5.41) is 2.91. The van der Waals surface area contributed by atoms with Crippen molar-refractivity contribution in [1.82, 2.24) is 9.55 Å². The van der Waals surface area contributed by atoms with E-state index in [1.807, 2.05) is 13.8 Å². The predicted octanol–water partition coefficient (Wildman–Crippen LogP) is 4.45. The molecule has 0 bridgehead atoms. The summed E-state index contributed by atoms with van der Waals surface area (Å²) >= 11 is 1.15. The van der Waals surface area contributed by atoms with E-state index >= 15 is 0 Å². The molecule has 1 atom stereocenters. The Hall–Kier alpha value is -2.74. The molecule has 3 aromatic rings. The molecule has 1 amide bonds. The number of thioether (sulfide) groups is 1. The van der Waals surface area contributed by atoms with Crippen LogP contribution < -0.4 is 10.9 Å². The van der Waals surface area contributed by atoms with Crippen molar-refractivity contribution in [3.05, 3.63) is 64.5 Å². The zero-order chi connectivity index (χ0) is 21.1. The van der Waals surface area contributed by atoms with E-state index < -0.39 is 22.8 Å². The fourth-order valence-electron chi connectivity index (χ4n) is 2.79. The van der Waals surface area contributed by atoms with Gasteiger partial charge in [-0.15, -0.1) is 0 Å². The van der Waals surface area contributed by atoms with Crippen LogP contribution in [0.3, 0.4) is 0 Å². The molecule has 3 rings (SSSR count). The quantitative estimate of drug-likeness (QED) is 0.475. The van der Waals surface area contributed by atoms with Crippen molar-refractivity contribution in [3.8, 4) is 0 Å². The largest absolute Gasteiger partial charge is 0.325 e. The minimum absolute atomic E-state index is 0.153. The van der Waals surface area contributed by atoms with Gasteiger partial charge in [-0.3, -0.25) is 14.2 Å². The molecule has 0 fully saturated rings. The Morgan fingerprint density at radius 2 is 1.86 bits per heavy atom. The first-order valence-electron chi connectivity index (χ1n) is 9.18. The summed E-state index contributed by atoms with van der Waals surface area (Å²) in [5.74, 6) is -2.21. The summed E-state index contributed by atoms with van der Waals surface area (Å²) in [5.41, 5.74) is 0.570. The van der Waals surface area contributed by atoms with E-state index in [0.29, 0.717) is 22.6 Å². The van der Waals surface area contributed by atoms with Gasteiger partial charge in [0.05, 0.1) is 16.2 Å². The van der Waals surface area contributed by atoms with Crippen molar-refractivity contribution in [1.29, 1.82) is 0 Å². The minimum atomic E-state index is -1.04. The first-order valence-corrected chi connectivity index (χ1v) is 10.1. The normalized spacial score (nSPS) is 12.3. The minimum Gasteiger partial charge on any atom is -0.325 e. The van der Waals surface area contributed by atoms with Crippen LogP contribution in [-0.2, 0) is 11.3 Å². The number of carbonyl (C=O) groups excluding carboxylic acids is 1. The first-order chi connectivity index (χ1) is 13.8. The molecule has 0 radical (unpaired) electrons. The molecule has 0 aliphatic heterocycles. The standard InChI is InChI=1S/C21H21F2N3O2S/c1-12(2)11-26-20(28)15-6-4-5-7-18(15)25-21(26)29-13(3)19(27)24-14-8-9-16(22)17(23)10-14/h4-10,12-13H,11H2,1-3H3,(H,24,27)/t13-/m0/s1. The average molecular weight is 417 g/mol. The third-order valence-corrected chi connectivity index (χ3v) is 5.30. The lowest BCUT2D eigenvalue weighted by atomic mass is 10.2. The number of para-hydroxylation sites is 1. The van der Waals surface area contributed by atoms with Gasteiger partial charge in [0, 0.05) is 18.3 Å². The number of rotatable bonds is 6. The molecule has 1 heterocycles. The van der Waals surface area contributed by atoms with Crippen LogP contribution in [0.1, 0.15) is 20.8 Å². The summed E-state index contributed by atoms with van der Waals surface area (Å²) in [6, 6.07) is 10.2. The smallest absolute Gasteiger partial charge is 0.262 e. The summed E-state index contributed by atoms with van der Waals surface area (Å²) in [7, 11) is 0. The fourth-order valence-corrected chi connectivity index (χ4v) is 3.71. The molecule has 2 aromatic carbocycles. The van der Waals surface area contributed by atoms with Gasteiger partial charge >= 0.3 is 0 Å². The number of benzene rings is 2. The van der Waals surface area contributed by atoms with Crippen LogP contribution in [0, 0.1) is 17.6 Å². The maximum atomic E-state index is 13.4. The van der Waals surface area contributed by atoms with Gasteiger partial charge in [0.25, 0.3) is 5.56 Å². The lowest BCUT2D eigenvalue weighted by molar-refractivity contribution is -0.115. The van der Waals surface area contributed by atoms with Gasteiger partial charge < -0.3 is 5.32 Å². The van der Waals surface area contributed by atoms with Crippen molar-refractivity contribution in [3.63, 3.8) is 0 Å². The van der Waals surface area contributed by atoms with E-state index in [9.17, 15) is 18.4 Å². The van der Waals surface area contributed by atoms with E-state index in [-0.39, 0.29) is 17.2 Å². The van der Waals surface area contributed by atoms with Gasteiger partial charge in [-0.2, -0.15) is 0 Å². The molecular formula is C21H21F2N3O2S. The molecule has 0 aliphatic rings. The zero-order valence-corrected chi connectivity index (χ0v) is 17.1. The number of aromatic nitrogens is 2. The van der Waals surface area contributed by atoms with Crippen LogP contribution in [0.25, 0.3) is 10.9 Å². The van der Waals surface area contributed by atoms with Crippen molar-refractivity contribution in [2.75, 3.05) is 5.32 Å². The summed E-state index contributed by atoms with van der Waals surface area (Å²) in [4.78, 5) is 30.0. The number of nitrogens with one attached hydrogen (secondary N) is 1. The molecular weight excluding hydrogens is 396 g/mol. The Morgan fingerprint density at radius 3 is 2.55 bits per heavy atom. The predicted molar refractivity (Wildman–Crippen MR) is 111 cm³/mol. The van der Waals surface area contributed by atoms with Crippen molar-refractivity contribution < 1.29 is 13.6 Å². The fraction of sp³-hybridized carbons (Fsp3) is 0.286. The summed E-state index contributed by atoms with van der Waals surface area (Å²) in [6.45, 7) is 6.13. The highest BCUT2D eigenvalue weighted by molar-refractivity contribution is 8.00. The number of hydrogen-bond acceptors (Lipinski definition) is 4. The molecule has 0 spiro atoms. The molecule has 152 valence electrons. The van der Waals surface area contributed by atoms with Crippen LogP contribution >= 0.6 is 11.8 Å². The third-order valence-electron chi connectivity index (χ3n) is 4.21. The molecule has 0 saturated heterocycles. The second kappa shape index (κ2) is 8.73. The molecule has 29 heavy (non-hydrogen) atoms. The molecule has 0 aliphatic carbocycles. The molecule has 1 aromatic heterocycles. The average Bonchev–Trinajstić information content (AvgIpc) is 2.67. The Balaban J connectivity index is 1.88. The highest BCUT2D eigenvalue weighted by Gasteiger charge is 2.20. The summed E-state index contributed by atoms with van der Waals surface area (Å²) < 4.78 is 28.0. The Labute approximate surface area is 171 Å². The SMILES string of the molecule is CC(C)Cn1c(S[C@@H](C)C(=O)Nc2ccc(F)c(F)c2)nc2ccccc2c1=O. The number of amides is 1. The molecule has 1 N–H and O–H groups in total. The number of carbonyl (C=O) groups is 1. The van der Waals surface area contributed by atoms with Gasteiger partial charge in [0.1, 0.15) is 0 Å². The van der Waals surface area contributed by atoms with Gasteiger partial charge in [-0.25, -0.2) is 13.8 Å². The van der Waals surface area contributed by atoms with Gasteiger partial charge in [-0.05, 0) is 37.1 Å². The topological polar surface area (TPSA) is 64.0 Å². The van der Waals surface area contributed by atoms with E-state index in [2.05, 4.69) is 10.3 Å². The Kier molecular flexibility index (Phi) is 6.32. The monoisotopic (exact) mass is 417 g/mol. The molecule has 0 unspecified atom stereocenters. The van der Waals surface area contributed by atoms with E-state index in [0.717, 1.165) is 23.9 Å². The van der Waals surface area contributed by atoms with E-state index in [1.54, 1.807) is 35.8 Å². The zero-order valence-electron chi connectivity index (χ0n) is 16.3. The highest BCUT2D eigenvalue weighted by Crippen LogP contribution is 2.24. The third kappa shape index (κ3) is 4.82. The second-order valence-corrected chi connectivity index (χ2v) is 8.41. The van der Waals surface area contributed by atoms with Crippen LogP contribution in [0.2, 0.25) is 0 Å². The van der Waals surface area contributed by atoms with Crippen molar-refractivity contribution >= 4 is 34.3 Å². The van der Waals surface area contributed by atoms with Crippen LogP contribution in [0.5, 0.6) is 0 Å². The Morgan fingerprint density at radius 1 is 1.14 bits per heavy atom. The van der Waals surface area contributed by atoms with E-state index in [1.165, 1.54) is 6.07 Å². The lowest BCUT2D eigenvalue weighted by Gasteiger charge is -2.17. The van der Waals surface area contributed by atoms with Crippen LogP contribution in [0.15, 0.2) is 52.4 Å². The first kappa shape index (κ1) is 21.0. The van der Waals surface area contributed by atoms with Gasteiger partial charge in [0.15, 0.2) is 16.8 Å². The maximum absolute atomic E-state index is 13.4. The van der Waals surface area contributed by atoms with Crippen molar-refractivity contribution in [2.45, 2.75) is 37.7 Å². The molecule has 0 saturated carbocycles. The van der Waals surface area contributed by atoms with Crippen LogP contribution in [0.4, 0.5) is 14.5 Å². The molecule has 5 nitrogen and oxygen atoms in total. The Bertz CT molecular complexity index is 1110. The van der Waals surface area contributed by atoms with Gasteiger partial charge in [0.2, 0.25) is 5.91 Å². The molecule has 8 heteroatoms. The summed E-state index contributed by atoms with van der Waals surface area (Å²) in [6.07, 6.45) is 0. The maximum Gasteiger partial charge on any atom is 0.262 e. The van der Waals surface area contributed by atoms with E-state index in [4.69, 9.17) is 0 Å². The number of hydrogen-bond donors (Lipinski definition) is 1. The number of nitrogens with zero attached hydrogens (tertiary/aromatic N) is 2. The van der Waals surface area contributed by atoms with Crippen LogP contribution in [-0.4, -0.2) is 20.7 Å². The van der Waals surface area contributed by atoms with Crippen molar-refractivity contribution in [2.24, 2.45) is 5.92 Å². The highest BCUT2D eigenvalue weighted by atomic mass is 32.2. The number of fused-ring (bicyclic) bond motifs is 1. The number of anilines is 1. The second-order valence-electron chi connectivity index (χ2n) is 7.10.